The molecule has 13 heavy (non-hydrogen) atoms. The first-order valence-corrected chi connectivity index (χ1v) is 6.71. The number of likely N-dealkylation sites (tertiary alicyclic amines) is 1. The Labute approximate surface area is 91.8 Å². The minimum atomic E-state index is -3.36. The van der Waals surface area contributed by atoms with E-state index in [-0.39, 0.29) is 4.05 Å². The SMILES string of the molecule is COCCN1CC(S(N)(=O)=O)C1I. The summed E-state index contributed by atoms with van der Waals surface area (Å²) in [5.41, 5.74) is 0. The molecule has 0 aromatic heterocycles. The number of methoxy groups -OCH3 is 1. The van der Waals surface area contributed by atoms with Crippen LogP contribution in [0, 0.1) is 0 Å². The smallest absolute Gasteiger partial charge is 0.215 e. The second kappa shape index (κ2) is 4.39. The Morgan fingerprint density at radius 1 is 1.69 bits per heavy atom. The van der Waals surface area contributed by atoms with Crippen molar-refractivity contribution in [3.8, 4) is 0 Å². The van der Waals surface area contributed by atoms with E-state index < -0.39 is 15.3 Å². The number of hydrogen-bond donors (Lipinski definition) is 1. The van der Waals surface area contributed by atoms with E-state index in [2.05, 4.69) is 22.6 Å². The Kier molecular flexibility index (Phi) is 3.93. The van der Waals surface area contributed by atoms with Gasteiger partial charge in [0.15, 0.2) is 0 Å². The first-order chi connectivity index (χ1) is 5.96. The Morgan fingerprint density at radius 3 is 2.69 bits per heavy atom. The minimum absolute atomic E-state index is 0.0113. The van der Waals surface area contributed by atoms with Gasteiger partial charge in [-0.05, 0) is 0 Å². The molecule has 2 atom stereocenters. The molecular weight excluding hydrogens is 307 g/mol. The Morgan fingerprint density at radius 2 is 2.31 bits per heavy atom. The highest BCUT2D eigenvalue weighted by atomic mass is 127. The lowest BCUT2D eigenvalue weighted by atomic mass is 10.2. The van der Waals surface area contributed by atoms with Gasteiger partial charge in [0.25, 0.3) is 0 Å². The number of alkyl halides is 1. The summed E-state index contributed by atoms with van der Waals surface area (Å²) in [6.07, 6.45) is 0. The van der Waals surface area contributed by atoms with Crippen molar-refractivity contribution in [1.82, 2.24) is 4.90 Å². The van der Waals surface area contributed by atoms with E-state index in [1.165, 1.54) is 0 Å². The van der Waals surface area contributed by atoms with Crippen LogP contribution in [0.2, 0.25) is 0 Å². The van der Waals surface area contributed by atoms with Crippen LogP contribution in [-0.4, -0.2) is 49.4 Å². The van der Waals surface area contributed by atoms with Gasteiger partial charge in [0.05, 0.1) is 10.7 Å². The molecule has 1 saturated heterocycles. The first-order valence-electron chi connectivity index (χ1n) is 3.85. The fourth-order valence-corrected chi connectivity index (χ4v) is 4.05. The van der Waals surface area contributed by atoms with Crippen LogP contribution < -0.4 is 5.14 Å². The number of rotatable bonds is 4. The van der Waals surface area contributed by atoms with E-state index in [1.54, 1.807) is 7.11 Å². The summed E-state index contributed by atoms with van der Waals surface area (Å²) in [6, 6.07) is 0. The normalized spacial score (nSPS) is 30.1. The second-order valence-corrected chi connectivity index (χ2v) is 6.05. The van der Waals surface area contributed by atoms with E-state index in [0.717, 1.165) is 6.54 Å². The molecule has 1 rings (SSSR count). The molecule has 2 unspecified atom stereocenters. The molecule has 1 aliphatic rings. The fourth-order valence-electron chi connectivity index (χ4n) is 1.20. The molecule has 1 fully saturated rings. The third kappa shape index (κ3) is 2.75. The molecular formula is C6H13IN2O3S. The van der Waals surface area contributed by atoms with Crippen molar-refractivity contribution < 1.29 is 13.2 Å². The molecule has 0 aliphatic carbocycles. The van der Waals surface area contributed by atoms with Crippen molar-refractivity contribution in [3.63, 3.8) is 0 Å². The Balaban J connectivity index is 2.39. The predicted octanol–water partition coefficient (Wildman–Crippen LogP) is -0.633. The molecule has 78 valence electrons. The van der Waals surface area contributed by atoms with Crippen molar-refractivity contribution in [2.45, 2.75) is 9.30 Å². The van der Waals surface area contributed by atoms with Gasteiger partial charge < -0.3 is 4.74 Å². The van der Waals surface area contributed by atoms with Gasteiger partial charge in [0.2, 0.25) is 10.0 Å². The van der Waals surface area contributed by atoms with Gasteiger partial charge in [0.1, 0.15) is 5.25 Å². The van der Waals surface area contributed by atoms with E-state index in [1.807, 2.05) is 4.90 Å². The van der Waals surface area contributed by atoms with Gasteiger partial charge in [-0.25, -0.2) is 13.6 Å². The van der Waals surface area contributed by atoms with Crippen LogP contribution in [-0.2, 0) is 14.8 Å². The average Bonchev–Trinajstić information content (AvgIpc) is 2.00. The van der Waals surface area contributed by atoms with Crippen LogP contribution in [0.3, 0.4) is 0 Å². The van der Waals surface area contributed by atoms with Crippen LogP contribution in [0.1, 0.15) is 0 Å². The molecule has 1 heterocycles. The quantitative estimate of drug-likeness (QED) is 0.425. The summed E-state index contributed by atoms with van der Waals surface area (Å²) < 4.78 is 26.8. The fraction of sp³-hybridized carbons (Fsp3) is 1.00. The molecule has 0 radical (unpaired) electrons. The van der Waals surface area contributed by atoms with E-state index in [9.17, 15) is 8.42 Å². The van der Waals surface area contributed by atoms with E-state index >= 15 is 0 Å². The zero-order valence-corrected chi connectivity index (χ0v) is 10.3. The third-order valence-corrected chi connectivity index (χ3v) is 5.47. The van der Waals surface area contributed by atoms with Gasteiger partial charge in [-0.2, -0.15) is 0 Å². The number of ether oxygens (including phenoxy) is 1. The van der Waals surface area contributed by atoms with Gasteiger partial charge in [-0.1, -0.05) is 22.6 Å². The van der Waals surface area contributed by atoms with Crippen LogP contribution in [0.4, 0.5) is 0 Å². The standard InChI is InChI=1S/C6H13IN2O3S/c1-12-3-2-9-4-5(6(9)7)13(8,10)11/h5-6H,2-4H2,1H3,(H2,8,10,11). The maximum atomic E-state index is 11.0. The van der Waals surface area contributed by atoms with Gasteiger partial charge >= 0.3 is 0 Å². The number of hydrogen-bond acceptors (Lipinski definition) is 4. The summed E-state index contributed by atoms with van der Waals surface area (Å²) in [7, 11) is -1.74. The maximum absolute atomic E-state index is 11.0. The van der Waals surface area contributed by atoms with Gasteiger partial charge in [-0.15, -0.1) is 0 Å². The van der Waals surface area contributed by atoms with Crippen molar-refractivity contribution in [2.24, 2.45) is 5.14 Å². The molecule has 0 spiro atoms. The number of primary sulfonamides is 1. The van der Waals surface area contributed by atoms with Crippen molar-refractivity contribution in [3.05, 3.63) is 0 Å². The zero-order valence-electron chi connectivity index (χ0n) is 7.31. The summed E-state index contributed by atoms with van der Waals surface area (Å²) in [5.74, 6) is 0. The van der Waals surface area contributed by atoms with Crippen molar-refractivity contribution in [1.29, 1.82) is 0 Å². The number of halogens is 1. The molecule has 2 N–H and O–H groups in total. The average molecular weight is 320 g/mol. The first kappa shape index (κ1) is 11.6. The highest BCUT2D eigenvalue weighted by molar-refractivity contribution is 14.1. The lowest BCUT2D eigenvalue weighted by Crippen LogP contribution is -2.62. The molecule has 0 saturated carbocycles. The largest absolute Gasteiger partial charge is 0.383 e. The molecule has 1 aliphatic heterocycles. The zero-order chi connectivity index (χ0) is 10.1. The molecule has 7 heteroatoms. The summed E-state index contributed by atoms with van der Waals surface area (Å²) >= 11 is 2.09. The lowest BCUT2D eigenvalue weighted by molar-refractivity contribution is 0.106. The van der Waals surface area contributed by atoms with Crippen molar-refractivity contribution in [2.75, 3.05) is 26.8 Å². The number of nitrogens with two attached hydrogens (primary N) is 1. The number of sulfonamides is 1. The van der Waals surface area contributed by atoms with Crippen LogP contribution >= 0.6 is 22.6 Å². The van der Waals surface area contributed by atoms with Gasteiger partial charge in [0, 0.05) is 20.2 Å². The Hall–Kier alpha value is 0.560. The minimum Gasteiger partial charge on any atom is -0.383 e. The third-order valence-electron chi connectivity index (χ3n) is 2.07. The molecule has 0 amide bonds. The predicted molar refractivity (Wildman–Crippen MR) is 58.2 cm³/mol. The second-order valence-electron chi connectivity index (χ2n) is 2.99. The number of nitrogens with zero attached hydrogens (tertiary/aromatic N) is 1. The van der Waals surface area contributed by atoms with E-state index in [0.29, 0.717) is 13.2 Å². The summed E-state index contributed by atoms with van der Waals surface area (Å²) in [5, 5.41) is 4.62. The maximum Gasteiger partial charge on any atom is 0.215 e. The van der Waals surface area contributed by atoms with Crippen LogP contribution in [0.5, 0.6) is 0 Å². The molecule has 0 aromatic rings. The van der Waals surface area contributed by atoms with Crippen LogP contribution in [0.15, 0.2) is 0 Å². The summed E-state index contributed by atoms with van der Waals surface area (Å²) in [4.78, 5) is 2.03. The highest BCUT2D eigenvalue weighted by Crippen LogP contribution is 2.27. The van der Waals surface area contributed by atoms with Crippen LogP contribution in [0.25, 0.3) is 0 Å². The van der Waals surface area contributed by atoms with Crippen molar-refractivity contribution >= 4 is 32.6 Å². The lowest BCUT2D eigenvalue weighted by Gasteiger charge is -2.43. The molecule has 0 bridgehead atoms. The molecule has 5 nitrogen and oxygen atoms in total. The van der Waals surface area contributed by atoms with E-state index in [4.69, 9.17) is 9.88 Å². The Bertz CT molecular complexity index is 269. The molecule has 0 aromatic carbocycles. The topological polar surface area (TPSA) is 72.6 Å². The summed E-state index contributed by atoms with van der Waals surface area (Å²) in [6.45, 7) is 1.91. The highest BCUT2D eigenvalue weighted by Gasteiger charge is 2.43. The monoisotopic (exact) mass is 320 g/mol. The van der Waals surface area contributed by atoms with Gasteiger partial charge in [-0.3, -0.25) is 4.90 Å².